The fourth-order valence-corrected chi connectivity index (χ4v) is 2.23. The molecule has 0 atom stereocenters. The number of aromatic nitrogens is 2. The van der Waals surface area contributed by atoms with Crippen molar-refractivity contribution in [2.45, 2.75) is 32.8 Å². The molecule has 0 aliphatic carbocycles. The Labute approximate surface area is 116 Å². The fourth-order valence-electron chi connectivity index (χ4n) is 2.23. The second kappa shape index (κ2) is 5.13. The zero-order valence-electron chi connectivity index (χ0n) is 11.5. The number of hydrogen-bond donors (Lipinski definition) is 2. The van der Waals surface area contributed by atoms with Crippen LogP contribution >= 0.6 is 0 Å². The molecule has 1 amide bonds. The number of furan rings is 1. The van der Waals surface area contributed by atoms with Crippen molar-refractivity contribution >= 4 is 11.7 Å². The molecule has 0 radical (unpaired) electrons. The van der Waals surface area contributed by atoms with Crippen LogP contribution in [-0.2, 0) is 17.8 Å². The lowest BCUT2D eigenvalue weighted by atomic mass is 10.1. The quantitative estimate of drug-likeness (QED) is 0.901. The Kier molecular flexibility index (Phi) is 3.31. The minimum absolute atomic E-state index is 0.269. The van der Waals surface area contributed by atoms with E-state index in [2.05, 4.69) is 29.4 Å². The van der Waals surface area contributed by atoms with Crippen LogP contribution in [-0.4, -0.2) is 22.7 Å². The van der Waals surface area contributed by atoms with Gasteiger partial charge in [-0.1, -0.05) is 13.8 Å². The molecule has 0 saturated carbocycles. The van der Waals surface area contributed by atoms with Gasteiger partial charge >= 0.3 is 0 Å². The second-order valence-electron chi connectivity index (χ2n) is 5.19. The zero-order valence-corrected chi connectivity index (χ0v) is 11.5. The van der Waals surface area contributed by atoms with Crippen LogP contribution in [0.4, 0.5) is 5.82 Å². The molecule has 3 rings (SSSR count). The third-order valence-electron chi connectivity index (χ3n) is 3.40. The average Bonchev–Trinajstić information content (AvgIpc) is 3.04. The molecule has 0 bridgehead atoms. The first-order valence-corrected chi connectivity index (χ1v) is 6.69. The number of H-pyrrole nitrogens is 1. The maximum absolute atomic E-state index is 12.2. The highest BCUT2D eigenvalue weighted by molar-refractivity contribution is 6.03. The molecular weight excluding hydrogens is 258 g/mol. The Morgan fingerprint density at radius 2 is 2.35 bits per heavy atom. The standard InChI is InChI=1S/C14H17N3O3/c1-8(2)11-5-12(17-16-11)15-14(18)13-10-3-4-19-6-9(10)7-20-13/h5,7-8H,3-4,6H2,1-2H3,(H2,15,16,17,18). The van der Waals surface area contributed by atoms with Gasteiger partial charge in [0.15, 0.2) is 11.6 Å². The molecule has 6 nitrogen and oxygen atoms in total. The van der Waals surface area contributed by atoms with E-state index >= 15 is 0 Å². The number of nitrogens with zero attached hydrogens (tertiary/aromatic N) is 1. The Hall–Kier alpha value is -2.08. The molecule has 6 heteroatoms. The summed E-state index contributed by atoms with van der Waals surface area (Å²) in [4.78, 5) is 12.2. The monoisotopic (exact) mass is 275 g/mol. The molecule has 1 aliphatic rings. The van der Waals surface area contributed by atoms with Gasteiger partial charge in [-0.05, 0) is 5.92 Å². The van der Waals surface area contributed by atoms with Crippen LogP contribution in [0.2, 0.25) is 0 Å². The molecule has 2 N–H and O–H groups in total. The summed E-state index contributed by atoms with van der Waals surface area (Å²) in [5.74, 6) is 0.935. The third kappa shape index (κ3) is 2.34. The number of carbonyl (C=O) groups is 1. The molecule has 106 valence electrons. The van der Waals surface area contributed by atoms with Crippen LogP contribution in [0.1, 0.15) is 47.1 Å². The van der Waals surface area contributed by atoms with Crippen LogP contribution < -0.4 is 5.32 Å². The van der Waals surface area contributed by atoms with E-state index in [0.717, 1.165) is 16.8 Å². The number of hydrogen-bond acceptors (Lipinski definition) is 4. The van der Waals surface area contributed by atoms with Crippen molar-refractivity contribution in [3.8, 4) is 0 Å². The van der Waals surface area contributed by atoms with Gasteiger partial charge in [0, 0.05) is 29.3 Å². The van der Waals surface area contributed by atoms with Gasteiger partial charge in [-0.15, -0.1) is 0 Å². The highest BCUT2D eigenvalue weighted by Crippen LogP contribution is 2.24. The summed E-state index contributed by atoms with van der Waals surface area (Å²) in [7, 11) is 0. The van der Waals surface area contributed by atoms with Crippen molar-refractivity contribution in [1.82, 2.24) is 10.2 Å². The minimum Gasteiger partial charge on any atom is -0.458 e. The van der Waals surface area contributed by atoms with Gasteiger partial charge in [-0.2, -0.15) is 5.10 Å². The predicted octanol–water partition coefficient (Wildman–Crippen LogP) is 2.45. The van der Waals surface area contributed by atoms with E-state index in [1.165, 1.54) is 0 Å². The van der Waals surface area contributed by atoms with Crippen LogP contribution in [0, 0.1) is 0 Å². The van der Waals surface area contributed by atoms with E-state index in [-0.39, 0.29) is 5.91 Å². The molecular formula is C14H17N3O3. The second-order valence-corrected chi connectivity index (χ2v) is 5.19. The smallest absolute Gasteiger partial charge is 0.292 e. The first kappa shape index (κ1) is 12.9. The Bertz CT molecular complexity index is 627. The maximum Gasteiger partial charge on any atom is 0.292 e. The van der Waals surface area contributed by atoms with Gasteiger partial charge in [-0.25, -0.2) is 0 Å². The summed E-state index contributed by atoms with van der Waals surface area (Å²) in [6.07, 6.45) is 2.29. The molecule has 0 saturated heterocycles. The third-order valence-corrected chi connectivity index (χ3v) is 3.40. The fraction of sp³-hybridized carbons (Fsp3) is 0.429. The lowest BCUT2D eigenvalue weighted by Crippen LogP contribution is -2.16. The van der Waals surface area contributed by atoms with E-state index in [9.17, 15) is 4.79 Å². The van der Waals surface area contributed by atoms with Crippen molar-refractivity contribution < 1.29 is 13.9 Å². The van der Waals surface area contributed by atoms with Crippen molar-refractivity contribution in [2.75, 3.05) is 11.9 Å². The zero-order chi connectivity index (χ0) is 14.1. The molecule has 2 aromatic rings. The van der Waals surface area contributed by atoms with E-state index in [0.29, 0.717) is 37.1 Å². The first-order chi connectivity index (χ1) is 9.65. The molecule has 3 heterocycles. The van der Waals surface area contributed by atoms with Gasteiger partial charge in [-0.3, -0.25) is 9.89 Å². The minimum atomic E-state index is -0.269. The van der Waals surface area contributed by atoms with Gasteiger partial charge in [0.25, 0.3) is 5.91 Å². The molecule has 1 aliphatic heterocycles. The van der Waals surface area contributed by atoms with E-state index in [1.807, 2.05) is 6.07 Å². The molecule has 0 fully saturated rings. The number of amides is 1. The van der Waals surface area contributed by atoms with Gasteiger partial charge in [0.05, 0.1) is 19.5 Å². The number of carbonyl (C=O) groups excluding carboxylic acids is 1. The van der Waals surface area contributed by atoms with Crippen LogP contribution in [0.3, 0.4) is 0 Å². The Morgan fingerprint density at radius 1 is 1.50 bits per heavy atom. The number of anilines is 1. The Balaban J connectivity index is 1.77. The SMILES string of the molecule is CC(C)c1cc(NC(=O)c2occ3c2CCOC3)n[nH]1. The summed E-state index contributed by atoms with van der Waals surface area (Å²) in [6.45, 7) is 5.24. The van der Waals surface area contributed by atoms with Gasteiger partial charge in [0.2, 0.25) is 0 Å². The van der Waals surface area contributed by atoms with Crippen molar-refractivity contribution in [1.29, 1.82) is 0 Å². The van der Waals surface area contributed by atoms with Crippen molar-refractivity contribution in [2.24, 2.45) is 0 Å². The summed E-state index contributed by atoms with van der Waals surface area (Å²) >= 11 is 0. The van der Waals surface area contributed by atoms with E-state index in [1.54, 1.807) is 6.26 Å². The number of aromatic amines is 1. The van der Waals surface area contributed by atoms with Crippen LogP contribution in [0.15, 0.2) is 16.7 Å². The summed E-state index contributed by atoms with van der Waals surface area (Å²) < 4.78 is 10.7. The molecule has 20 heavy (non-hydrogen) atoms. The number of nitrogens with one attached hydrogen (secondary N) is 2. The summed E-state index contributed by atoms with van der Waals surface area (Å²) in [5.41, 5.74) is 2.87. The predicted molar refractivity (Wildman–Crippen MR) is 72.7 cm³/mol. The average molecular weight is 275 g/mol. The first-order valence-electron chi connectivity index (χ1n) is 6.69. The van der Waals surface area contributed by atoms with Gasteiger partial charge in [0.1, 0.15) is 0 Å². The summed E-state index contributed by atoms with van der Waals surface area (Å²) in [6, 6.07) is 1.83. The van der Waals surface area contributed by atoms with Crippen molar-refractivity contribution in [3.63, 3.8) is 0 Å². The number of ether oxygens (including phenoxy) is 1. The Morgan fingerprint density at radius 3 is 3.10 bits per heavy atom. The molecule has 2 aromatic heterocycles. The highest BCUT2D eigenvalue weighted by Gasteiger charge is 2.23. The van der Waals surface area contributed by atoms with Gasteiger partial charge < -0.3 is 14.5 Å². The normalized spacial score (nSPS) is 14.3. The maximum atomic E-state index is 12.2. The highest BCUT2D eigenvalue weighted by atomic mass is 16.5. The van der Waals surface area contributed by atoms with E-state index < -0.39 is 0 Å². The molecule has 0 spiro atoms. The lowest BCUT2D eigenvalue weighted by Gasteiger charge is -2.11. The molecule has 0 aromatic carbocycles. The van der Waals surface area contributed by atoms with Crippen LogP contribution in [0.25, 0.3) is 0 Å². The lowest BCUT2D eigenvalue weighted by molar-refractivity contribution is 0.0988. The number of fused-ring (bicyclic) bond motifs is 1. The number of rotatable bonds is 3. The largest absolute Gasteiger partial charge is 0.458 e. The van der Waals surface area contributed by atoms with Crippen LogP contribution in [0.5, 0.6) is 0 Å². The summed E-state index contributed by atoms with van der Waals surface area (Å²) in [5, 5.41) is 9.73. The van der Waals surface area contributed by atoms with Crippen molar-refractivity contribution in [3.05, 3.63) is 34.9 Å². The topological polar surface area (TPSA) is 80.2 Å². The molecule has 0 unspecified atom stereocenters. The van der Waals surface area contributed by atoms with E-state index in [4.69, 9.17) is 9.15 Å².